The maximum absolute atomic E-state index is 5.64. The number of benzene rings is 2. The molecular formula is C18H21NOS. The summed E-state index contributed by atoms with van der Waals surface area (Å²) in [6.07, 6.45) is 6.20. The Labute approximate surface area is 131 Å². The fraction of sp³-hybridized carbons (Fsp3) is 0.278. The van der Waals surface area contributed by atoms with Crippen molar-refractivity contribution in [1.29, 1.82) is 0 Å². The minimum absolute atomic E-state index is 0.783. The second kappa shape index (κ2) is 8.53. The molecule has 0 N–H and O–H groups in total. The van der Waals surface area contributed by atoms with E-state index in [1.807, 2.05) is 42.6 Å². The topological polar surface area (TPSA) is 21.6 Å². The highest BCUT2D eigenvalue weighted by atomic mass is 32.2. The maximum atomic E-state index is 5.64. The van der Waals surface area contributed by atoms with E-state index in [1.54, 1.807) is 11.8 Å². The number of hydrogen-bond donors (Lipinski definition) is 0. The van der Waals surface area contributed by atoms with Crippen LogP contribution in [0.5, 0.6) is 5.75 Å². The highest BCUT2D eigenvalue weighted by Gasteiger charge is 1.94. The van der Waals surface area contributed by atoms with Crippen LogP contribution in [0, 0.1) is 0 Å². The third-order valence-electron chi connectivity index (χ3n) is 3.08. The third kappa shape index (κ3) is 5.27. The first-order chi connectivity index (χ1) is 10.3. The SMILES string of the molecule is CCCCOc1ccc(C=Nc2ccc(SC)cc2)cc1. The van der Waals surface area contributed by atoms with E-state index >= 15 is 0 Å². The second-order valence-corrected chi connectivity index (χ2v) is 5.61. The van der Waals surface area contributed by atoms with E-state index in [0.717, 1.165) is 36.4 Å². The molecule has 0 radical (unpaired) electrons. The molecule has 2 nitrogen and oxygen atoms in total. The van der Waals surface area contributed by atoms with Crippen molar-refractivity contribution in [1.82, 2.24) is 0 Å². The summed E-state index contributed by atoms with van der Waals surface area (Å²) in [6, 6.07) is 16.3. The summed E-state index contributed by atoms with van der Waals surface area (Å²) in [5.41, 5.74) is 2.04. The van der Waals surface area contributed by atoms with Crippen LogP contribution in [0.15, 0.2) is 58.4 Å². The van der Waals surface area contributed by atoms with Gasteiger partial charge in [0.1, 0.15) is 5.75 Å². The number of hydrogen-bond acceptors (Lipinski definition) is 3. The quantitative estimate of drug-likeness (QED) is 0.391. The standard InChI is InChI=1S/C18H21NOS/c1-3-4-13-20-17-9-5-15(6-10-17)14-19-16-7-11-18(21-2)12-8-16/h5-12,14H,3-4,13H2,1-2H3. The van der Waals surface area contributed by atoms with Gasteiger partial charge in [-0.1, -0.05) is 13.3 Å². The zero-order valence-electron chi connectivity index (χ0n) is 12.6. The van der Waals surface area contributed by atoms with Crippen LogP contribution in [0.3, 0.4) is 0 Å². The zero-order chi connectivity index (χ0) is 14.9. The molecule has 0 fully saturated rings. The van der Waals surface area contributed by atoms with Crippen molar-refractivity contribution in [3.8, 4) is 5.75 Å². The van der Waals surface area contributed by atoms with Crippen molar-refractivity contribution in [3.05, 3.63) is 54.1 Å². The summed E-state index contributed by atoms with van der Waals surface area (Å²) >= 11 is 1.74. The van der Waals surface area contributed by atoms with Gasteiger partial charge in [0.15, 0.2) is 0 Å². The van der Waals surface area contributed by atoms with Gasteiger partial charge in [0.05, 0.1) is 12.3 Å². The first kappa shape index (κ1) is 15.6. The molecule has 0 saturated heterocycles. The molecule has 0 aliphatic heterocycles. The van der Waals surface area contributed by atoms with E-state index in [-0.39, 0.29) is 0 Å². The highest BCUT2D eigenvalue weighted by molar-refractivity contribution is 7.98. The molecule has 0 bridgehead atoms. The van der Waals surface area contributed by atoms with Crippen molar-refractivity contribution in [2.75, 3.05) is 12.9 Å². The van der Waals surface area contributed by atoms with E-state index in [2.05, 4.69) is 30.3 Å². The van der Waals surface area contributed by atoms with Gasteiger partial charge in [-0.25, -0.2) is 0 Å². The molecule has 2 aromatic rings. The van der Waals surface area contributed by atoms with E-state index in [0.29, 0.717) is 0 Å². The average Bonchev–Trinajstić information content (AvgIpc) is 2.55. The van der Waals surface area contributed by atoms with Gasteiger partial charge in [-0.2, -0.15) is 0 Å². The summed E-state index contributed by atoms with van der Waals surface area (Å²) in [5.74, 6) is 0.921. The van der Waals surface area contributed by atoms with Gasteiger partial charge in [0.2, 0.25) is 0 Å². The molecule has 0 atom stereocenters. The van der Waals surface area contributed by atoms with Gasteiger partial charge >= 0.3 is 0 Å². The fourth-order valence-corrected chi connectivity index (χ4v) is 2.21. The lowest BCUT2D eigenvalue weighted by molar-refractivity contribution is 0.309. The first-order valence-corrected chi connectivity index (χ1v) is 8.45. The van der Waals surface area contributed by atoms with Crippen LogP contribution in [0.2, 0.25) is 0 Å². The summed E-state index contributed by atoms with van der Waals surface area (Å²) in [5, 5.41) is 0. The number of unbranched alkanes of at least 4 members (excludes halogenated alkanes) is 1. The Morgan fingerprint density at radius 3 is 2.38 bits per heavy atom. The van der Waals surface area contributed by atoms with Gasteiger partial charge in [-0.05, 0) is 66.8 Å². The van der Waals surface area contributed by atoms with E-state index in [9.17, 15) is 0 Å². The predicted molar refractivity (Wildman–Crippen MR) is 92.3 cm³/mol. The van der Waals surface area contributed by atoms with Crippen LogP contribution in [-0.4, -0.2) is 19.1 Å². The van der Waals surface area contributed by atoms with Crippen LogP contribution in [0.4, 0.5) is 5.69 Å². The molecule has 2 aromatic carbocycles. The second-order valence-electron chi connectivity index (χ2n) is 4.73. The highest BCUT2D eigenvalue weighted by Crippen LogP contribution is 2.19. The zero-order valence-corrected chi connectivity index (χ0v) is 13.4. The van der Waals surface area contributed by atoms with Crippen LogP contribution in [0.25, 0.3) is 0 Å². The molecule has 0 unspecified atom stereocenters. The minimum Gasteiger partial charge on any atom is -0.494 e. The fourth-order valence-electron chi connectivity index (χ4n) is 1.80. The maximum Gasteiger partial charge on any atom is 0.119 e. The smallest absolute Gasteiger partial charge is 0.119 e. The Hall–Kier alpha value is -1.74. The average molecular weight is 299 g/mol. The van der Waals surface area contributed by atoms with Crippen molar-refractivity contribution < 1.29 is 4.74 Å². The Kier molecular flexibility index (Phi) is 6.35. The van der Waals surface area contributed by atoms with Crippen LogP contribution < -0.4 is 4.74 Å². The van der Waals surface area contributed by atoms with E-state index in [4.69, 9.17) is 4.74 Å². The monoisotopic (exact) mass is 299 g/mol. The molecule has 0 aliphatic carbocycles. The minimum atomic E-state index is 0.783. The van der Waals surface area contributed by atoms with Crippen molar-refractivity contribution in [2.45, 2.75) is 24.7 Å². The molecular weight excluding hydrogens is 278 g/mol. The van der Waals surface area contributed by atoms with Crippen molar-refractivity contribution in [2.24, 2.45) is 4.99 Å². The number of nitrogens with zero attached hydrogens (tertiary/aromatic N) is 1. The lowest BCUT2D eigenvalue weighted by atomic mass is 10.2. The lowest BCUT2D eigenvalue weighted by Crippen LogP contribution is -1.96. The molecule has 0 aliphatic rings. The number of rotatable bonds is 7. The molecule has 0 spiro atoms. The van der Waals surface area contributed by atoms with Crippen LogP contribution in [0.1, 0.15) is 25.3 Å². The van der Waals surface area contributed by atoms with E-state index < -0.39 is 0 Å². The summed E-state index contributed by atoms with van der Waals surface area (Å²) in [7, 11) is 0. The normalized spacial score (nSPS) is 11.0. The Morgan fingerprint density at radius 2 is 1.76 bits per heavy atom. The summed E-state index contributed by atoms with van der Waals surface area (Å²) < 4.78 is 5.64. The Bertz CT molecular complexity index is 561. The number of thioether (sulfide) groups is 1. The molecule has 0 heterocycles. The van der Waals surface area contributed by atoms with E-state index in [1.165, 1.54) is 4.90 Å². The number of ether oxygens (including phenoxy) is 1. The molecule has 21 heavy (non-hydrogen) atoms. The Morgan fingerprint density at radius 1 is 1.05 bits per heavy atom. The van der Waals surface area contributed by atoms with Crippen molar-refractivity contribution in [3.63, 3.8) is 0 Å². The lowest BCUT2D eigenvalue weighted by Gasteiger charge is -2.04. The molecule has 110 valence electrons. The van der Waals surface area contributed by atoms with Gasteiger partial charge in [-0.15, -0.1) is 11.8 Å². The predicted octanol–water partition coefficient (Wildman–Crippen LogP) is 5.34. The van der Waals surface area contributed by atoms with Gasteiger partial charge < -0.3 is 4.74 Å². The summed E-state index contributed by atoms with van der Waals surface area (Å²) in [6.45, 7) is 2.94. The largest absolute Gasteiger partial charge is 0.494 e. The van der Waals surface area contributed by atoms with Crippen LogP contribution >= 0.6 is 11.8 Å². The third-order valence-corrected chi connectivity index (χ3v) is 3.83. The van der Waals surface area contributed by atoms with Gasteiger partial charge in [0.25, 0.3) is 0 Å². The Balaban J connectivity index is 1.93. The van der Waals surface area contributed by atoms with Crippen LogP contribution in [-0.2, 0) is 0 Å². The van der Waals surface area contributed by atoms with Crippen molar-refractivity contribution >= 4 is 23.7 Å². The van der Waals surface area contributed by atoms with Gasteiger partial charge in [-0.3, -0.25) is 4.99 Å². The molecule has 3 heteroatoms. The molecule has 0 aromatic heterocycles. The summed E-state index contributed by atoms with van der Waals surface area (Å²) in [4.78, 5) is 5.73. The molecule has 0 amide bonds. The molecule has 2 rings (SSSR count). The first-order valence-electron chi connectivity index (χ1n) is 7.23. The van der Waals surface area contributed by atoms with Gasteiger partial charge in [0, 0.05) is 11.1 Å². The molecule has 0 saturated carbocycles. The number of aliphatic imine (C=N–C) groups is 1.